The molecule has 6 amide bonds. The average Bonchev–Trinajstić information content (AvgIpc) is 4.17. The molecule has 2 saturated heterocycles. The molecular formula is C56H76N8O11. The van der Waals surface area contributed by atoms with E-state index in [0.29, 0.717) is 17.7 Å². The number of carbonyl (C=O) groups excluding carboxylic acids is 7. The Morgan fingerprint density at radius 2 is 1.45 bits per heavy atom. The number of methoxy groups -OCH3 is 1. The number of ketones is 1. The highest BCUT2D eigenvalue weighted by Gasteiger charge is 2.44. The maximum absolute atomic E-state index is 15.4. The van der Waals surface area contributed by atoms with Crippen molar-refractivity contribution in [2.24, 2.45) is 17.8 Å². The molecule has 0 unspecified atom stereocenters. The lowest BCUT2D eigenvalue weighted by Gasteiger charge is -2.39. The van der Waals surface area contributed by atoms with Crippen LogP contribution in [0.2, 0.25) is 0 Å². The van der Waals surface area contributed by atoms with Gasteiger partial charge in [-0.05, 0) is 94.9 Å². The molecule has 19 heteroatoms. The van der Waals surface area contributed by atoms with Crippen LogP contribution in [0, 0.1) is 27.9 Å². The predicted octanol–water partition coefficient (Wildman–Crippen LogP) is 5.76. The first kappa shape index (κ1) is 57.4. The maximum Gasteiger partial charge on any atom is 0.311 e. The number of rotatable bonds is 14. The molecular weight excluding hydrogens is 961 g/mol. The first-order valence-corrected chi connectivity index (χ1v) is 26.0. The largest absolute Gasteiger partial charge is 0.490 e. The summed E-state index contributed by atoms with van der Waals surface area (Å²) >= 11 is 0. The molecule has 0 aliphatic carbocycles. The molecule has 3 aliphatic heterocycles. The van der Waals surface area contributed by atoms with Gasteiger partial charge in [0.25, 0.3) is 0 Å². The molecule has 75 heavy (non-hydrogen) atoms. The number of nitro benzene ring substituents is 1. The van der Waals surface area contributed by atoms with Crippen LogP contribution in [-0.2, 0) is 56.7 Å². The van der Waals surface area contributed by atoms with Gasteiger partial charge in [0.15, 0.2) is 11.5 Å². The summed E-state index contributed by atoms with van der Waals surface area (Å²) in [6, 6.07) is 4.67. The molecule has 2 fully saturated rings. The van der Waals surface area contributed by atoms with Crippen LogP contribution >= 0.6 is 0 Å². The number of fused-ring (bicyclic) bond motifs is 3. The quantitative estimate of drug-likeness (QED) is 0.0760. The Balaban J connectivity index is 1.50. The topological polar surface area (TPSA) is 235 Å². The van der Waals surface area contributed by atoms with Gasteiger partial charge in [0.1, 0.15) is 36.3 Å². The monoisotopic (exact) mass is 1040 g/mol. The number of allylic oxidation sites excluding steroid dienone is 1. The number of nitrogens with zero attached hydrogens (tertiary/aromatic N) is 5. The second kappa shape index (κ2) is 24.2. The fourth-order valence-electron chi connectivity index (χ4n) is 10.3. The van der Waals surface area contributed by atoms with Gasteiger partial charge in [-0.1, -0.05) is 76.6 Å². The number of amides is 6. The minimum atomic E-state index is -1.35. The number of para-hydroxylation sites is 1. The summed E-state index contributed by atoms with van der Waals surface area (Å²) < 4.78 is 13.1. The Bertz CT molecular complexity index is 2720. The van der Waals surface area contributed by atoms with Crippen molar-refractivity contribution < 1.29 is 48.0 Å². The van der Waals surface area contributed by atoms with Crippen molar-refractivity contribution in [2.75, 3.05) is 27.8 Å². The predicted molar refractivity (Wildman–Crippen MR) is 283 cm³/mol. The summed E-state index contributed by atoms with van der Waals surface area (Å²) in [5, 5.41) is 21.8. The maximum atomic E-state index is 15.4. The van der Waals surface area contributed by atoms with Gasteiger partial charge in [0.05, 0.1) is 30.2 Å². The highest BCUT2D eigenvalue weighted by atomic mass is 16.6. The minimum Gasteiger partial charge on any atom is -0.490 e. The summed E-state index contributed by atoms with van der Waals surface area (Å²) in [6.07, 6.45) is 6.81. The number of Topliss-reactive ketones (excluding diaryl/α,β-unsaturated/α-hetero) is 1. The van der Waals surface area contributed by atoms with Crippen molar-refractivity contribution in [3.8, 4) is 5.75 Å². The average molecular weight is 1040 g/mol. The van der Waals surface area contributed by atoms with Gasteiger partial charge in [-0.3, -0.25) is 43.7 Å². The number of nitro groups is 1. The van der Waals surface area contributed by atoms with Gasteiger partial charge in [-0.2, -0.15) is 0 Å². The van der Waals surface area contributed by atoms with Crippen LogP contribution in [0.3, 0.4) is 0 Å². The Labute approximate surface area is 439 Å². The molecule has 3 aliphatic rings. The van der Waals surface area contributed by atoms with Crippen LogP contribution in [-0.4, -0.2) is 136 Å². The number of carbonyl (C=O) groups is 7. The van der Waals surface area contributed by atoms with Crippen molar-refractivity contribution in [3.63, 3.8) is 0 Å². The van der Waals surface area contributed by atoms with Crippen LogP contribution in [0.5, 0.6) is 5.75 Å². The van der Waals surface area contributed by atoms with Crippen LogP contribution in [0.25, 0.3) is 10.9 Å². The van der Waals surface area contributed by atoms with E-state index in [9.17, 15) is 38.9 Å². The second-order valence-electron chi connectivity index (χ2n) is 21.9. The number of hydrogen-bond acceptors (Lipinski definition) is 11. The lowest BCUT2D eigenvalue weighted by molar-refractivity contribution is -0.385. The van der Waals surface area contributed by atoms with Gasteiger partial charge in [0.2, 0.25) is 35.4 Å². The fourth-order valence-corrected chi connectivity index (χ4v) is 10.3. The number of aromatic nitrogens is 1. The van der Waals surface area contributed by atoms with E-state index in [4.69, 9.17) is 9.47 Å². The Morgan fingerprint density at radius 1 is 0.827 bits per heavy atom. The lowest BCUT2D eigenvalue weighted by Crippen LogP contribution is -2.60. The normalized spacial score (nSPS) is 25.1. The first-order valence-electron chi connectivity index (χ1n) is 26.0. The van der Waals surface area contributed by atoms with E-state index in [1.807, 2.05) is 58.2 Å². The van der Waals surface area contributed by atoms with E-state index in [-0.39, 0.29) is 67.9 Å². The van der Waals surface area contributed by atoms with Crippen molar-refractivity contribution in [1.82, 2.24) is 35.2 Å². The number of epoxide rings is 1. The summed E-state index contributed by atoms with van der Waals surface area (Å²) in [5.41, 5.74) is 1.78. The molecule has 3 N–H and O–H groups in total. The van der Waals surface area contributed by atoms with E-state index in [1.54, 1.807) is 45.2 Å². The molecule has 0 radical (unpaired) electrons. The highest BCUT2D eigenvalue weighted by Crippen LogP contribution is 2.37. The molecule has 1 aromatic heterocycles. The van der Waals surface area contributed by atoms with Gasteiger partial charge >= 0.3 is 5.69 Å². The smallest absolute Gasteiger partial charge is 0.311 e. The van der Waals surface area contributed by atoms with Crippen LogP contribution in [0.4, 0.5) is 5.69 Å². The molecule has 3 aromatic rings. The molecule has 8 atom stereocenters. The summed E-state index contributed by atoms with van der Waals surface area (Å²) in [4.78, 5) is 119. The van der Waals surface area contributed by atoms with Crippen molar-refractivity contribution in [1.29, 1.82) is 0 Å². The molecule has 406 valence electrons. The Hall–Kier alpha value is -6.89. The van der Waals surface area contributed by atoms with Crippen molar-refractivity contribution >= 4 is 57.8 Å². The molecule has 0 saturated carbocycles. The van der Waals surface area contributed by atoms with Gasteiger partial charge in [-0.15, -0.1) is 0 Å². The third-order valence-corrected chi connectivity index (χ3v) is 14.7. The van der Waals surface area contributed by atoms with E-state index in [0.717, 1.165) is 16.5 Å². The van der Waals surface area contributed by atoms with Crippen molar-refractivity contribution in [2.45, 2.75) is 155 Å². The number of nitrogens with one attached hydrogen (secondary N) is 3. The molecule has 0 spiro atoms. The van der Waals surface area contributed by atoms with E-state index >= 15 is 4.79 Å². The van der Waals surface area contributed by atoms with E-state index in [2.05, 4.69) is 34.4 Å². The first-order chi connectivity index (χ1) is 35.4. The summed E-state index contributed by atoms with van der Waals surface area (Å²) in [7, 11) is 4.24. The standard InChI is InChI=1S/C56H76N8O11/c1-13-14-18-39-50(66)59-41(28-37-30-63(56(8,9)49-31-75-49)42-19-16-15-17-38(37)42)54(70)60(10)44(22-32(2)3)51(67)58-40(26-36-20-21-48(74-12)43(27-36)64(72)73)47(65)25-35(7)53(69)61(11)46-24-34(6)29-62(55(46)71)45(23-33(4)5)52(68)57-39/h13-17,19-21,27,29-30,32-33,35,39-41,44-46,49H,18,22-26,28,31H2,1-12H3,(H,57,68)(H,58,67)(H,59,66)/b14-13+/t35-,39+,40+,41+,44+,45+,46+,49-/m1/s1. The molecule has 2 bridgehead atoms. The zero-order chi connectivity index (χ0) is 55.2. The third-order valence-electron chi connectivity index (χ3n) is 14.7. The number of ether oxygens (including phenoxy) is 2. The van der Waals surface area contributed by atoms with Crippen LogP contribution in [0.1, 0.15) is 106 Å². The molecule has 6 rings (SSSR count). The second-order valence-corrected chi connectivity index (χ2v) is 21.9. The van der Waals surface area contributed by atoms with Crippen molar-refractivity contribution in [3.05, 3.63) is 93.8 Å². The summed E-state index contributed by atoms with van der Waals surface area (Å²) in [5.74, 6) is -5.58. The highest BCUT2D eigenvalue weighted by molar-refractivity contribution is 5.99. The van der Waals surface area contributed by atoms with Gasteiger partial charge < -0.3 is 44.7 Å². The zero-order valence-electron chi connectivity index (χ0n) is 45.5. The number of benzene rings is 2. The third kappa shape index (κ3) is 13.3. The number of likely N-dealkylation sites (N-methyl/N-ethyl adjacent to an activating group) is 2. The molecule has 19 nitrogen and oxygen atoms in total. The SMILES string of the molecule is C/C=C/C[C@@H]1NC(=O)[C@H](CC(C)C)N2C=C(C)C[C@@H](C2=O)N(C)C(=O)[C@H](C)CC(=O)[C@H](Cc2ccc(OC)c([N+](=O)[O-])c2)NC(=O)[C@H](CC(C)C)N(C)C(=O)[C@H](Cc2cn(C(C)(C)[C@H]3CO3)c3ccccc23)NC1=O. The number of hydrogen-bond donors (Lipinski definition) is 3. The molecule has 2 aromatic carbocycles. The van der Waals surface area contributed by atoms with E-state index in [1.165, 1.54) is 48.0 Å². The lowest BCUT2D eigenvalue weighted by atomic mass is 9.92. The Kier molecular flexibility index (Phi) is 18.5. The van der Waals surface area contributed by atoms with Gasteiger partial charge in [0, 0.05) is 62.2 Å². The van der Waals surface area contributed by atoms with Crippen LogP contribution < -0.4 is 20.7 Å². The fraction of sp³-hybridized carbons (Fsp3) is 0.554. The molecule has 4 heterocycles. The summed E-state index contributed by atoms with van der Waals surface area (Å²) in [6.45, 7) is 17.4. The van der Waals surface area contributed by atoms with Crippen LogP contribution in [0.15, 0.2) is 72.6 Å². The van der Waals surface area contributed by atoms with Gasteiger partial charge in [-0.25, -0.2) is 0 Å². The Morgan fingerprint density at radius 3 is 2.08 bits per heavy atom. The zero-order valence-corrected chi connectivity index (χ0v) is 45.5. The van der Waals surface area contributed by atoms with E-state index < -0.39 is 100 Å². The minimum absolute atomic E-state index is 0.0120.